The summed E-state index contributed by atoms with van der Waals surface area (Å²) in [4.78, 5) is 1.32. The van der Waals surface area contributed by atoms with E-state index in [4.69, 9.17) is 0 Å². The molecular weight excluding hydrogens is 354 g/mol. The van der Waals surface area contributed by atoms with Crippen molar-refractivity contribution in [1.29, 1.82) is 0 Å². The van der Waals surface area contributed by atoms with E-state index < -0.39 is 0 Å². The number of nitrogens with one attached hydrogen (secondary N) is 1. The van der Waals surface area contributed by atoms with Crippen LogP contribution in [0.3, 0.4) is 0 Å². The fourth-order valence-corrected chi connectivity index (χ4v) is 4.49. The molecule has 2 aliphatic rings. The summed E-state index contributed by atoms with van der Waals surface area (Å²) in [6, 6.07) is 16.0. The SMILES string of the molecule is CSc1ccc([C@@H]2Nc3ccc(Br)cc3[C@@H]3C=CC[C@@H]32)cc1. The Hall–Kier alpha value is -1.19. The first-order chi connectivity index (χ1) is 10.8. The van der Waals surface area contributed by atoms with E-state index in [1.165, 1.54) is 21.7 Å². The van der Waals surface area contributed by atoms with Crippen molar-refractivity contribution in [3.8, 4) is 0 Å². The maximum absolute atomic E-state index is 3.78. The van der Waals surface area contributed by atoms with Gasteiger partial charge in [0.05, 0.1) is 6.04 Å². The average Bonchev–Trinajstić information content (AvgIpc) is 3.04. The van der Waals surface area contributed by atoms with Gasteiger partial charge in [-0.15, -0.1) is 11.8 Å². The zero-order valence-electron chi connectivity index (χ0n) is 12.4. The lowest BCUT2D eigenvalue weighted by molar-refractivity contribution is 0.425. The number of thioether (sulfide) groups is 1. The second-order valence-corrected chi connectivity index (χ2v) is 7.78. The maximum Gasteiger partial charge on any atom is 0.0553 e. The molecule has 0 bridgehead atoms. The minimum atomic E-state index is 0.393. The molecule has 1 nitrogen and oxygen atoms in total. The summed E-state index contributed by atoms with van der Waals surface area (Å²) < 4.78 is 1.16. The van der Waals surface area contributed by atoms with Crippen molar-refractivity contribution in [2.24, 2.45) is 5.92 Å². The lowest BCUT2D eigenvalue weighted by Crippen LogP contribution is -2.29. The van der Waals surface area contributed by atoms with Gasteiger partial charge in [-0.3, -0.25) is 0 Å². The van der Waals surface area contributed by atoms with Gasteiger partial charge >= 0.3 is 0 Å². The molecule has 112 valence electrons. The fourth-order valence-electron chi connectivity index (χ4n) is 3.71. The number of halogens is 1. The van der Waals surface area contributed by atoms with Gasteiger partial charge in [-0.05, 0) is 60.1 Å². The van der Waals surface area contributed by atoms with Crippen molar-refractivity contribution >= 4 is 33.4 Å². The zero-order chi connectivity index (χ0) is 15.1. The molecule has 1 aliphatic carbocycles. The molecule has 3 heteroatoms. The number of benzene rings is 2. The van der Waals surface area contributed by atoms with Crippen LogP contribution in [0, 0.1) is 5.92 Å². The summed E-state index contributed by atoms with van der Waals surface area (Å²) >= 11 is 5.40. The second kappa shape index (κ2) is 5.78. The first kappa shape index (κ1) is 14.4. The Morgan fingerprint density at radius 3 is 2.73 bits per heavy atom. The van der Waals surface area contributed by atoms with Crippen LogP contribution in [-0.4, -0.2) is 6.26 Å². The van der Waals surface area contributed by atoms with Gasteiger partial charge in [0.2, 0.25) is 0 Å². The topological polar surface area (TPSA) is 12.0 Å². The van der Waals surface area contributed by atoms with Crippen molar-refractivity contribution in [3.05, 3.63) is 70.2 Å². The molecule has 0 fully saturated rings. The van der Waals surface area contributed by atoms with Crippen LogP contribution in [0.5, 0.6) is 0 Å². The normalized spacial score (nSPS) is 25.5. The number of hydrogen-bond donors (Lipinski definition) is 1. The Kier molecular flexibility index (Phi) is 3.79. The van der Waals surface area contributed by atoms with Gasteiger partial charge < -0.3 is 5.32 Å². The van der Waals surface area contributed by atoms with Gasteiger partial charge in [0, 0.05) is 21.0 Å². The number of allylic oxidation sites excluding steroid dienone is 2. The molecule has 2 aromatic rings. The summed E-state index contributed by atoms with van der Waals surface area (Å²) in [5, 5.41) is 3.78. The molecule has 1 heterocycles. The first-order valence-electron chi connectivity index (χ1n) is 7.63. The van der Waals surface area contributed by atoms with Crippen LogP contribution in [0.15, 0.2) is 64.0 Å². The predicted octanol–water partition coefficient (Wildman–Crippen LogP) is 6.00. The van der Waals surface area contributed by atoms with Crippen LogP contribution in [0.25, 0.3) is 0 Å². The molecule has 0 aromatic heterocycles. The summed E-state index contributed by atoms with van der Waals surface area (Å²) in [6.45, 7) is 0. The molecule has 1 aliphatic heterocycles. The second-order valence-electron chi connectivity index (χ2n) is 5.98. The molecule has 1 N–H and O–H groups in total. The molecule has 0 saturated heterocycles. The molecule has 4 rings (SSSR count). The quantitative estimate of drug-likeness (QED) is 0.513. The third-order valence-corrected chi connectivity index (χ3v) is 6.04. The van der Waals surface area contributed by atoms with Crippen molar-refractivity contribution in [2.75, 3.05) is 11.6 Å². The first-order valence-corrected chi connectivity index (χ1v) is 9.64. The Bertz CT molecular complexity index is 723. The van der Waals surface area contributed by atoms with Gasteiger partial charge in [0.15, 0.2) is 0 Å². The standard InChI is InChI=1S/C19H18BrNS/c1-22-14-8-5-12(6-9-14)19-16-4-2-3-15(16)17-11-13(20)7-10-18(17)21-19/h2-3,5-11,15-16,19,21H,4H2,1H3/t15-,16+,19+/m1/s1. The minimum absolute atomic E-state index is 0.393. The Morgan fingerprint density at radius 1 is 1.14 bits per heavy atom. The highest BCUT2D eigenvalue weighted by Gasteiger charge is 2.37. The van der Waals surface area contributed by atoms with Crippen LogP contribution in [0.1, 0.15) is 29.5 Å². The molecular formula is C19H18BrNS. The Balaban J connectivity index is 1.74. The Labute approximate surface area is 144 Å². The highest BCUT2D eigenvalue weighted by Crippen LogP contribution is 2.50. The monoisotopic (exact) mass is 371 g/mol. The number of fused-ring (bicyclic) bond motifs is 3. The minimum Gasteiger partial charge on any atom is -0.378 e. The van der Waals surface area contributed by atoms with Gasteiger partial charge in [-0.2, -0.15) is 0 Å². The third kappa shape index (κ3) is 2.40. The van der Waals surface area contributed by atoms with Crippen molar-refractivity contribution in [3.63, 3.8) is 0 Å². The molecule has 3 atom stereocenters. The van der Waals surface area contributed by atoms with Gasteiger partial charge in [-0.25, -0.2) is 0 Å². The highest BCUT2D eigenvalue weighted by atomic mass is 79.9. The molecule has 22 heavy (non-hydrogen) atoms. The van der Waals surface area contributed by atoms with Crippen LogP contribution >= 0.6 is 27.7 Å². The lowest BCUT2D eigenvalue weighted by Gasteiger charge is -2.37. The zero-order valence-corrected chi connectivity index (χ0v) is 14.8. The molecule has 0 saturated carbocycles. The van der Waals surface area contributed by atoms with E-state index in [1.807, 2.05) is 0 Å². The third-order valence-electron chi connectivity index (χ3n) is 4.80. The molecule has 2 aromatic carbocycles. The van der Waals surface area contributed by atoms with Crippen LogP contribution in [0.4, 0.5) is 5.69 Å². The van der Waals surface area contributed by atoms with E-state index >= 15 is 0 Å². The van der Waals surface area contributed by atoms with Crippen LogP contribution in [-0.2, 0) is 0 Å². The predicted molar refractivity (Wildman–Crippen MR) is 98.7 cm³/mol. The van der Waals surface area contributed by atoms with E-state index in [0.717, 1.165) is 10.9 Å². The largest absolute Gasteiger partial charge is 0.378 e. The Morgan fingerprint density at radius 2 is 1.95 bits per heavy atom. The van der Waals surface area contributed by atoms with Crippen molar-refractivity contribution in [2.45, 2.75) is 23.3 Å². The molecule has 0 amide bonds. The number of hydrogen-bond acceptors (Lipinski definition) is 2. The summed E-state index contributed by atoms with van der Waals surface area (Å²) in [6.07, 6.45) is 8.01. The van der Waals surface area contributed by atoms with Crippen LogP contribution in [0.2, 0.25) is 0 Å². The van der Waals surface area contributed by atoms with Crippen molar-refractivity contribution in [1.82, 2.24) is 0 Å². The van der Waals surface area contributed by atoms with E-state index in [9.17, 15) is 0 Å². The smallest absolute Gasteiger partial charge is 0.0553 e. The van der Waals surface area contributed by atoms with Crippen LogP contribution < -0.4 is 5.32 Å². The van der Waals surface area contributed by atoms with E-state index in [0.29, 0.717) is 17.9 Å². The van der Waals surface area contributed by atoms with E-state index in [2.05, 4.69) is 82.1 Å². The molecule has 0 spiro atoms. The molecule has 0 radical (unpaired) electrons. The van der Waals surface area contributed by atoms with Gasteiger partial charge in [0.1, 0.15) is 0 Å². The maximum atomic E-state index is 3.78. The summed E-state index contributed by atoms with van der Waals surface area (Å²) in [5.74, 6) is 1.14. The highest BCUT2D eigenvalue weighted by molar-refractivity contribution is 9.10. The lowest BCUT2D eigenvalue weighted by atomic mass is 9.77. The van der Waals surface area contributed by atoms with Crippen molar-refractivity contribution < 1.29 is 0 Å². The molecule has 0 unspecified atom stereocenters. The number of rotatable bonds is 2. The van der Waals surface area contributed by atoms with E-state index in [1.54, 1.807) is 11.8 Å². The summed E-state index contributed by atoms with van der Waals surface area (Å²) in [5.41, 5.74) is 4.09. The fraction of sp³-hybridized carbons (Fsp3) is 0.263. The summed E-state index contributed by atoms with van der Waals surface area (Å²) in [7, 11) is 0. The average molecular weight is 372 g/mol. The number of anilines is 1. The van der Waals surface area contributed by atoms with E-state index in [-0.39, 0.29) is 0 Å². The van der Waals surface area contributed by atoms with Gasteiger partial charge in [0.25, 0.3) is 0 Å². The van der Waals surface area contributed by atoms with Gasteiger partial charge in [-0.1, -0.05) is 40.2 Å².